The molecule has 1 unspecified atom stereocenters. The van der Waals surface area contributed by atoms with Crippen molar-refractivity contribution in [2.45, 2.75) is 19.6 Å². The van der Waals surface area contributed by atoms with Gasteiger partial charge in [0.2, 0.25) is 0 Å². The third-order valence-corrected chi connectivity index (χ3v) is 2.22. The second kappa shape index (κ2) is 3.92. The molecular formula is C11H12N2O2. The average molecular weight is 204 g/mol. The molecule has 0 saturated heterocycles. The fourth-order valence-corrected chi connectivity index (χ4v) is 1.50. The van der Waals surface area contributed by atoms with Crippen LogP contribution in [0.4, 0.5) is 0 Å². The Morgan fingerprint density at radius 2 is 1.80 bits per heavy atom. The van der Waals surface area contributed by atoms with E-state index in [2.05, 4.69) is 9.97 Å². The predicted molar refractivity (Wildman–Crippen MR) is 56.1 cm³/mol. The topological polar surface area (TPSA) is 66.2 Å². The van der Waals surface area contributed by atoms with Gasteiger partial charge in [0.1, 0.15) is 0 Å². The first kappa shape index (κ1) is 10.0. The number of nitrogens with zero attached hydrogens (tertiary/aromatic N) is 2. The van der Waals surface area contributed by atoms with E-state index >= 15 is 0 Å². The molecule has 15 heavy (non-hydrogen) atoms. The standard InChI is InChI=1S/C11H12N2O2/c1-7(15)11-10(6-14)12-8-4-2-3-5-9(8)13-11/h2-5,7,14-15H,6H2,1H3. The first-order chi connectivity index (χ1) is 7.22. The van der Waals surface area contributed by atoms with E-state index in [0.29, 0.717) is 11.4 Å². The van der Waals surface area contributed by atoms with E-state index in [1.807, 2.05) is 24.3 Å². The molecule has 0 spiro atoms. The zero-order valence-corrected chi connectivity index (χ0v) is 8.38. The number of aliphatic hydroxyl groups is 2. The SMILES string of the molecule is CC(O)c1nc2ccccc2nc1CO. The molecule has 78 valence electrons. The lowest BCUT2D eigenvalue weighted by Gasteiger charge is -2.09. The average Bonchev–Trinajstić information content (AvgIpc) is 2.27. The zero-order chi connectivity index (χ0) is 10.8. The van der Waals surface area contributed by atoms with E-state index in [-0.39, 0.29) is 6.61 Å². The fraction of sp³-hybridized carbons (Fsp3) is 0.273. The monoisotopic (exact) mass is 204 g/mol. The number of para-hydroxylation sites is 2. The van der Waals surface area contributed by atoms with Gasteiger partial charge in [-0.25, -0.2) is 9.97 Å². The van der Waals surface area contributed by atoms with Gasteiger partial charge in [0.15, 0.2) is 0 Å². The molecule has 0 aliphatic carbocycles. The highest BCUT2D eigenvalue weighted by atomic mass is 16.3. The van der Waals surface area contributed by atoms with Crippen molar-refractivity contribution in [3.63, 3.8) is 0 Å². The van der Waals surface area contributed by atoms with Crippen LogP contribution in [0.25, 0.3) is 11.0 Å². The van der Waals surface area contributed by atoms with Gasteiger partial charge >= 0.3 is 0 Å². The van der Waals surface area contributed by atoms with Crippen molar-refractivity contribution in [1.82, 2.24) is 9.97 Å². The molecule has 0 bridgehead atoms. The van der Waals surface area contributed by atoms with Gasteiger partial charge in [0.25, 0.3) is 0 Å². The van der Waals surface area contributed by atoms with Crippen LogP contribution in [-0.4, -0.2) is 20.2 Å². The maximum absolute atomic E-state index is 9.48. The van der Waals surface area contributed by atoms with Crippen LogP contribution in [0.15, 0.2) is 24.3 Å². The van der Waals surface area contributed by atoms with Crippen LogP contribution in [0, 0.1) is 0 Å². The van der Waals surface area contributed by atoms with E-state index in [9.17, 15) is 5.11 Å². The fourth-order valence-electron chi connectivity index (χ4n) is 1.50. The Bertz CT molecular complexity index is 483. The first-order valence-electron chi connectivity index (χ1n) is 4.77. The summed E-state index contributed by atoms with van der Waals surface area (Å²) in [4.78, 5) is 8.52. The smallest absolute Gasteiger partial charge is 0.0951 e. The highest BCUT2D eigenvalue weighted by Gasteiger charge is 2.11. The van der Waals surface area contributed by atoms with E-state index in [0.717, 1.165) is 11.0 Å². The molecule has 1 aromatic carbocycles. The first-order valence-corrected chi connectivity index (χ1v) is 4.77. The van der Waals surface area contributed by atoms with Crippen molar-refractivity contribution in [2.24, 2.45) is 0 Å². The maximum atomic E-state index is 9.48. The second-order valence-electron chi connectivity index (χ2n) is 3.38. The van der Waals surface area contributed by atoms with Crippen LogP contribution in [0.5, 0.6) is 0 Å². The van der Waals surface area contributed by atoms with Crippen molar-refractivity contribution in [2.75, 3.05) is 0 Å². The largest absolute Gasteiger partial charge is 0.390 e. The Hall–Kier alpha value is -1.52. The van der Waals surface area contributed by atoms with Gasteiger partial charge in [0, 0.05) is 0 Å². The molecule has 0 amide bonds. The Morgan fingerprint density at radius 1 is 1.20 bits per heavy atom. The van der Waals surface area contributed by atoms with Gasteiger partial charge in [-0.3, -0.25) is 0 Å². The lowest BCUT2D eigenvalue weighted by molar-refractivity contribution is 0.187. The number of fused-ring (bicyclic) bond motifs is 1. The van der Waals surface area contributed by atoms with Crippen molar-refractivity contribution in [1.29, 1.82) is 0 Å². The Kier molecular flexibility index (Phi) is 2.62. The lowest BCUT2D eigenvalue weighted by atomic mass is 10.2. The molecule has 2 rings (SSSR count). The van der Waals surface area contributed by atoms with Crippen molar-refractivity contribution >= 4 is 11.0 Å². The van der Waals surface area contributed by atoms with Crippen LogP contribution < -0.4 is 0 Å². The molecule has 1 atom stereocenters. The third kappa shape index (κ3) is 1.82. The van der Waals surface area contributed by atoms with Gasteiger partial charge in [-0.2, -0.15) is 0 Å². The summed E-state index contributed by atoms with van der Waals surface area (Å²) in [5.74, 6) is 0. The van der Waals surface area contributed by atoms with Crippen molar-refractivity contribution < 1.29 is 10.2 Å². The Balaban J connectivity index is 2.69. The summed E-state index contributed by atoms with van der Waals surface area (Å²) < 4.78 is 0. The molecule has 1 aromatic heterocycles. The molecule has 0 aliphatic rings. The maximum Gasteiger partial charge on any atom is 0.0951 e. The molecular weight excluding hydrogens is 192 g/mol. The van der Waals surface area contributed by atoms with Crippen molar-refractivity contribution in [3.8, 4) is 0 Å². The molecule has 2 N–H and O–H groups in total. The molecule has 1 heterocycles. The summed E-state index contributed by atoms with van der Waals surface area (Å²) in [5.41, 5.74) is 2.33. The van der Waals surface area contributed by atoms with E-state index in [1.165, 1.54) is 0 Å². The molecule has 4 heteroatoms. The summed E-state index contributed by atoms with van der Waals surface area (Å²) in [5, 5.41) is 18.6. The lowest BCUT2D eigenvalue weighted by Crippen LogP contribution is -2.05. The van der Waals surface area contributed by atoms with Gasteiger partial charge in [0.05, 0.1) is 35.1 Å². The van der Waals surface area contributed by atoms with E-state index < -0.39 is 6.10 Å². The highest BCUT2D eigenvalue weighted by Crippen LogP contribution is 2.18. The summed E-state index contributed by atoms with van der Waals surface area (Å²) >= 11 is 0. The molecule has 0 aliphatic heterocycles. The van der Waals surface area contributed by atoms with Gasteiger partial charge in [-0.05, 0) is 19.1 Å². The zero-order valence-electron chi connectivity index (χ0n) is 8.38. The Labute approximate surface area is 87.2 Å². The summed E-state index contributed by atoms with van der Waals surface area (Å²) in [6.07, 6.45) is -0.718. The normalized spacial score (nSPS) is 13.0. The van der Waals surface area contributed by atoms with Crippen LogP contribution in [0.3, 0.4) is 0 Å². The third-order valence-electron chi connectivity index (χ3n) is 2.22. The highest BCUT2D eigenvalue weighted by molar-refractivity contribution is 5.74. The minimum atomic E-state index is -0.718. The molecule has 2 aromatic rings. The van der Waals surface area contributed by atoms with E-state index in [1.54, 1.807) is 6.92 Å². The number of benzene rings is 1. The van der Waals surface area contributed by atoms with Gasteiger partial charge < -0.3 is 10.2 Å². The van der Waals surface area contributed by atoms with Crippen molar-refractivity contribution in [3.05, 3.63) is 35.7 Å². The summed E-state index contributed by atoms with van der Waals surface area (Å²) in [6, 6.07) is 7.38. The molecule has 4 nitrogen and oxygen atoms in total. The number of aromatic nitrogens is 2. The van der Waals surface area contributed by atoms with Crippen LogP contribution in [-0.2, 0) is 6.61 Å². The minimum Gasteiger partial charge on any atom is -0.390 e. The van der Waals surface area contributed by atoms with Crippen LogP contribution in [0.2, 0.25) is 0 Å². The minimum absolute atomic E-state index is 0.210. The Morgan fingerprint density at radius 3 is 2.33 bits per heavy atom. The number of aliphatic hydroxyl groups excluding tert-OH is 2. The molecule has 0 radical (unpaired) electrons. The number of hydrogen-bond donors (Lipinski definition) is 2. The second-order valence-corrected chi connectivity index (χ2v) is 3.38. The molecule has 0 saturated carbocycles. The predicted octanol–water partition coefficient (Wildman–Crippen LogP) is 1.18. The van der Waals surface area contributed by atoms with Crippen LogP contribution in [0.1, 0.15) is 24.4 Å². The van der Waals surface area contributed by atoms with Crippen LogP contribution >= 0.6 is 0 Å². The summed E-state index contributed by atoms with van der Waals surface area (Å²) in [6.45, 7) is 1.40. The number of hydrogen-bond acceptors (Lipinski definition) is 4. The molecule has 0 fully saturated rings. The summed E-state index contributed by atoms with van der Waals surface area (Å²) in [7, 11) is 0. The quantitative estimate of drug-likeness (QED) is 0.770. The van der Waals surface area contributed by atoms with Gasteiger partial charge in [-0.15, -0.1) is 0 Å². The van der Waals surface area contributed by atoms with Gasteiger partial charge in [-0.1, -0.05) is 12.1 Å². The number of rotatable bonds is 2. The van der Waals surface area contributed by atoms with E-state index in [4.69, 9.17) is 5.11 Å².